The first-order valence-electron chi connectivity index (χ1n) is 8.68. The predicted octanol–water partition coefficient (Wildman–Crippen LogP) is 4.38. The smallest absolute Gasteiger partial charge is 0.268 e. The van der Waals surface area contributed by atoms with E-state index in [4.69, 9.17) is 22.1 Å². The van der Waals surface area contributed by atoms with Crippen LogP contribution in [0.25, 0.3) is 10.4 Å². The highest BCUT2D eigenvalue weighted by Crippen LogP contribution is 2.41. The summed E-state index contributed by atoms with van der Waals surface area (Å²) in [5, 5.41) is 0.515. The molecule has 0 spiro atoms. The third-order valence-electron chi connectivity index (χ3n) is 4.68. The Balaban J connectivity index is 1.75. The Labute approximate surface area is 171 Å². The van der Waals surface area contributed by atoms with E-state index in [2.05, 4.69) is 0 Å². The van der Waals surface area contributed by atoms with Crippen LogP contribution in [0.15, 0.2) is 48.5 Å². The molecule has 0 atom stereocenters. The standard InChI is InChI=1S/C21H17ClN2O3S/c1-24(16-5-3-2-4-15(16)22)21(26)18-11-12-8-9-27-17-7-6-13(20(23)25)10-14(17)19(12)28-18/h2-7,10-11H,8-9H2,1H3,(H2,23,25). The number of anilines is 1. The number of nitrogens with zero attached hydrogens (tertiary/aromatic N) is 1. The minimum atomic E-state index is -0.500. The van der Waals surface area contributed by atoms with E-state index in [0.717, 1.165) is 16.0 Å². The molecule has 0 saturated carbocycles. The van der Waals surface area contributed by atoms with Gasteiger partial charge in [0.05, 0.1) is 22.2 Å². The fourth-order valence-corrected chi connectivity index (χ4v) is 4.67. The van der Waals surface area contributed by atoms with Crippen LogP contribution in [-0.2, 0) is 6.42 Å². The number of carbonyl (C=O) groups excluding carboxylic acids is 2. The number of ether oxygens (including phenoxy) is 1. The number of rotatable bonds is 3. The zero-order chi connectivity index (χ0) is 19.8. The van der Waals surface area contributed by atoms with Crippen LogP contribution >= 0.6 is 22.9 Å². The molecule has 3 aromatic rings. The largest absolute Gasteiger partial charge is 0.493 e. The molecule has 0 aliphatic carbocycles. The lowest BCUT2D eigenvalue weighted by atomic mass is 10.0. The number of amides is 2. The van der Waals surface area contributed by atoms with Crippen molar-refractivity contribution in [1.29, 1.82) is 0 Å². The third kappa shape index (κ3) is 3.25. The van der Waals surface area contributed by atoms with E-state index in [1.165, 1.54) is 11.3 Å². The lowest BCUT2D eigenvalue weighted by Crippen LogP contribution is -2.25. The van der Waals surface area contributed by atoms with Gasteiger partial charge in [-0.1, -0.05) is 23.7 Å². The van der Waals surface area contributed by atoms with Crippen molar-refractivity contribution in [2.24, 2.45) is 5.73 Å². The number of hydrogen-bond acceptors (Lipinski definition) is 4. The average Bonchev–Trinajstić information content (AvgIpc) is 3.03. The summed E-state index contributed by atoms with van der Waals surface area (Å²) >= 11 is 7.62. The van der Waals surface area contributed by atoms with E-state index in [9.17, 15) is 9.59 Å². The number of benzene rings is 2. The fourth-order valence-electron chi connectivity index (χ4n) is 3.20. The molecular formula is C21H17ClN2O3S. The number of nitrogens with two attached hydrogens (primary N) is 1. The van der Waals surface area contributed by atoms with E-state index in [1.807, 2.05) is 18.2 Å². The molecule has 2 N–H and O–H groups in total. The lowest BCUT2D eigenvalue weighted by molar-refractivity contribution is 0.0990. The van der Waals surface area contributed by atoms with Gasteiger partial charge < -0.3 is 15.4 Å². The molecule has 5 nitrogen and oxygen atoms in total. The molecule has 4 rings (SSSR count). The molecule has 0 bridgehead atoms. The quantitative estimate of drug-likeness (QED) is 0.693. The summed E-state index contributed by atoms with van der Waals surface area (Å²) in [7, 11) is 1.71. The molecular weight excluding hydrogens is 396 g/mol. The molecule has 0 radical (unpaired) electrons. The second-order valence-corrected chi connectivity index (χ2v) is 7.91. The normalized spacial score (nSPS) is 12.4. The van der Waals surface area contributed by atoms with Crippen molar-refractivity contribution in [3.8, 4) is 16.2 Å². The van der Waals surface area contributed by atoms with Crippen LogP contribution in [0.4, 0.5) is 5.69 Å². The Morgan fingerprint density at radius 2 is 1.96 bits per heavy atom. The first-order chi connectivity index (χ1) is 13.5. The molecule has 0 unspecified atom stereocenters. The molecule has 1 aliphatic rings. The number of thiophene rings is 1. The second-order valence-electron chi connectivity index (χ2n) is 6.45. The summed E-state index contributed by atoms with van der Waals surface area (Å²) in [5.74, 6) is 0.0451. The molecule has 2 amide bonds. The average molecular weight is 413 g/mol. The highest BCUT2D eigenvalue weighted by atomic mass is 35.5. The van der Waals surface area contributed by atoms with Gasteiger partial charge in [0.25, 0.3) is 5.91 Å². The summed E-state index contributed by atoms with van der Waals surface area (Å²) in [6.07, 6.45) is 0.676. The second kappa shape index (κ2) is 7.30. The van der Waals surface area contributed by atoms with Crippen molar-refractivity contribution in [3.63, 3.8) is 0 Å². The van der Waals surface area contributed by atoms with Crippen molar-refractivity contribution in [1.82, 2.24) is 0 Å². The number of hydrogen-bond donors (Lipinski definition) is 1. The molecule has 0 saturated heterocycles. The van der Waals surface area contributed by atoms with Crippen molar-refractivity contribution >= 4 is 40.4 Å². The molecule has 1 aliphatic heterocycles. The maximum absolute atomic E-state index is 13.1. The van der Waals surface area contributed by atoms with Gasteiger partial charge in [-0.25, -0.2) is 0 Å². The van der Waals surface area contributed by atoms with E-state index in [-0.39, 0.29) is 5.91 Å². The monoisotopic (exact) mass is 412 g/mol. The van der Waals surface area contributed by atoms with E-state index in [0.29, 0.717) is 39.9 Å². The van der Waals surface area contributed by atoms with Crippen molar-refractivity contribution < 1.29 is 14.3 Å². The minimum absolute atomic E-state index is 0.139. The van der Waals surface area contributed by atoms with Crippen LogP contribution in [0.5, 0.6) is 5.75 Å². The topological polar surface area (TPSA) is 72.6 Å². The summed E-state index contributed by atoms with van der Waals surface area (Å²) in [4.78, 5) is 27.7. The van der Waals surface area contributed by atoms with Gasteiger partial charge in [0.1, 0.15) is 5.75 Å². The number of primary amides is 1. The van der Waals surface area contributed by atoms with Gasteiger partial charge in [0.2, 0.25) is 5.91 Å². The Morgan fingerprint density at radius 3 is 2.71 bits per heavy atom. The van der Waals surface area contributed by atoms with Crippen molar-refractivity contribution in [2.45, 2.75) is 6.42 Å². The Hall–Kier alpha value is -2.83. The van der Waals surface area contributed by atoms with Crippen LogP contribution in [0.3, 0.4) is 0 Å². The van der Waals surface area contributed by atoms with Gasteiger partial charge in [0, 0.05) is 29.5 Å². The van der Waals surface area contributed by atoms with Gasteiger partial charge >= 0.3 is 0 Å². The van der Waals surface area contributed by atoms with Gasteiger partial charge in [-0.3, -0.25) is 9.59 Å². The van der Waals surface area contributed by atoms with Gasteiger partial charge in [-0.15, -0.1) is 11.3 Å². The predicted molar refractivity (Wildman–Crippen MR) is 112 cm³/mol. The van der Waals surface area contributed by atoms with E-state index < -0.39 is 5.91 Å². The highest BCUT2D eigenvalue weighted by Gasteiger charge is 2.24. The fraction of sp³-hybridized carbons (Fsp3) is 0.143. The number of halogens is 1. The van der Waals surface area contributed by atoms with Crippen LogP contribution in [0, 0.1) is 0 Å². The zero-order valence-electron chi connectivity index (χ0n) is 15.1. The maximum Gasteiger partial charge on any atom is 0.268 e. The Bertz CT molecular complexity index is 1090. The number of carbonyl (C=O) groups is 2. The van der Waals surface area contributed by atoms with Crippen molar-refractivity contribution in [2.75, 3.05) is 18.6 Å². The first kappa shape index (κ1) is 18.5. The van der Waals surface area contributed by atoms with Crippen LogP contribution in [-0.4, -0.2) is 25.5 Å². The van der Waals surface area contributed by atoms with E-state index >= 15 is 0 Å². The highest BCUT2D eigenvalue weighted by molar-refractivity contribution is 7.17. The van der Waals surface area contributed by atoms with Crippen LogP contribution in [0.2, 0.25) is 5.02 Å². The molecule has 0 fully saturated rings. The number of fused-ring (bicyclic) bond motifs is 3. The van der Waals surface area contributed by atoms with Crippen LogP contribution in [0.1, 0.15) is 25.6 Å². The first-order valence-corrected chi connectivity index (χ1v) is 9.87. The molecule has 7 heteroatoms. The SMILES string of the molecule is CN(C(=O)c1cc2c(s1)-c1cc(C(N)=O)ccc1OCC2)c1ccccc1Cl. The maximum atomic E-state index is 13.1. The van der Waals surface area contributed by atoms with Gasteiger partial charge in [-0.2, -0.15) is 0 Å². The Kier molecular flexibility index (Phi) is 4.83. The molecule has 142 valence electrons. The molecule has 2 aromatic carbocycles. The van der Waals surface area contributed by atoms with Gasteiger partial charge in [-0.05, 0) is 42.0 Å². The summed E-state index contributed by atoms with van der Waals surface area (Å²) in [5.41, 5.74) is 8.29. The minimum Gasteiger partial charge on any atom is -0.493 e. The molecule has 2 heterocycles. The Morgan fingerprint density at radius 1 is 1.18 bits per heavy atom. The summed E-state index contributed by atoms with van der Waals surface area (Å²) in [6, 6.07) is 14.2. The van der Waals surface area contributed by atoms with E-state index in [1.54, 1.807) is 42.3 Å². The van der Waals surface area contributed by atoms with Gasteiger partial charge in [0.15, 0.2) is 0 Å². The van der Waals surface area contributed by atoms with Crippen LogP contribution < -0.4 is 15.4 Å². The van der Waals surface area contributed by atoms with Crippen molar-refractivity contribution in [3.05, 3.63) is 69.6 Å². The molecule has 1 aromatic heterocycles. The molecule has 28 heavy (non-hydrogen) atoms. The summed E-state index contributed by atoms with van der Waals surface area (Å²) in [6.45, 7) is 0.501. The third-order valence-corrected chi connectivity index (χ3v) is 6.19. The summed E-state index contributed by atoms with van der Waals surface area (Å²) < 4.78 is 5.80. The number of para-hydroxylation sites is 1. The lowest BCUT2D eigenvalue weighted by Gasteiger charge is -2.17. The zero-order valence-corrected chi connectivity index (χ0v) is 16.6.